The zero-order chi connectivity index (χ0) is 19.7. The van der Waals surface area contributed by atoms with Crippen LogP contribution >= 0.6 is 11.8 Å². The molecule has 0 saturated carbocycles. The molecular weight excluding hydrogens is 386 g/mol. The van der Waals surface area contributed by atoms with Gasteiger partial charge in [-0.2, -0.15) is 0 Å². The Bertz CT molecular complexity index is 962. The number of thioether (sulfide) groups is 1. The van der Waals surface area contributed by atoms with Crippen molar-refractivity contribution in [1.82, 2.24) is 10.2 Å². The van der Waals surface area contributed by atoms with E-state index in [1.165, 1.54) is 0 Å². The summed E-state index contributed by atoms with van der Waals surface area (Å²) in [6.45, 7) is 1.78. The van der Waals surface area contributed by atoms with Crippen LogP contribution in [0.1, 0.15) is 22.0 Å². The van der Waals surface area contributed by atoms with Gasteiger partial charge >= 0.3 is 6.03 Å². The predicted octanol–water partition coefficient (Wildman–Crippen LogP) is 3.39. The van der Waals surface area contributed by atoms with E-state index in [2.05, 4.69) is 15.2 Å². The highest BCUT2D eigenvalue weighted by molar-refractivity contribution is 8.14. The first kappa shape index (κ1) is 18.4. The Labute approximate surface area is 164 Å². The number of hydrogen-bond acceptors (Lipinski definition) is 5. The average Bonchev–Trinajstić information content (AvgIpc) is 3.23. The van der Waals surface area contributed by atoms with Gasteiger partial charge in [0.05, 0.1) is 6.04 Å². The molecule has 28 heavy (non-hydrogen) atoms. The summed E-state index contributed by atoms with van der Waals surface area (Å²) >= 11 is 1.73. The first-order chi connectivity index (χ1) is 13.5. The summed E-state index contributed by atoms with van der Waals surface area (Å²) in [6.07, 6.45) is 0. The molecule has 3 amide bonds. The number of nitrogens with zero attached hydrogens (tertiary/aromatic N) is 2. The molecule has 0 aromatic heterocycles. The first-order valence-corrected chi connectivity index (χ1v) is 9.61. The number of aliphatic imine (C=N–C) groups is 1. The fourth-order valence-electron chi connectivity index (χ4n) is 3.15. The lowest BCUT2D eigenvalue weighted by molar-refractivity contribution is 0.0959. The van der Waals surface area contributed by atoms with Crippen LogP contribution in [0.4, 0.5) is 19.3 Å². The molecule has 0 spiro atoms. The Morgan fingerprint density at radius 2 is 1.89 bits per heavy atom. The van der Waals surface area contributed by atoms with Gasteiger partial charge < -0.3 is 10.2 Å². The minimum absolute atomic E-state index is 0.0123. The summed E-state index contributed by atoms with van der Waals surface area (Å²) in [7, 11) is 0. The van der Waals surface area contributed by atoms with Crippen molar-refractivity contribution in [2.45, 2.75) is 6.04 Å². The molecule has 0 radical (unpaired) electrons. The standard InChI is InChI=1S/C19H16F2N4O2S/c20-13-5-2-6-14(21)16(13)17(26)24-18(27)22-12-4-1-3-11(9-12)15-10-25-7-8-28-19(25)23-15/h1-6,9,15H,7-8,10H2,(H2,22,24,26,27)/t15-/m1/s1. The maximum Gasteiger partial charge on any atom is 0.326 e. The van der Waals surface area contributed by atoms with E-state index >= 15 is 0 Å². The number of halogens is 2. The Morgan fingerprint density at radius 1 is 1.14 bits per heavy atom. The van der Waals surface area contributed by atoms with Gasteiger partial charge in [-0.25, -0.2) is 13.6 Å². The SMILES string of the molecule is O=C(NC(=O)c1c(F)cccc1F)Nc1cccc([C@H]2CN3CCSC3=N2)c1. The molecule has 0 aliphatic carbocycles. The van der Waals surface area contributed by atoms with Gasteiger partial charge in [-0.15, -0.1) is 0 Å². The van der Waals surface area contributed by atoms with Crippen LogP contribution in [0.3, 0.4) is 0 Å². The van der Waals surface area contributed by atoms with Crippen molar-refractivity contribution in [3.63, 3.8) is 0 Å². The molecular formula is C19H16F2N4O2S. The molecule has 2 heterocycles. The van der Waals surface area contributed by atoms with E-state index in [0.29, 0.717) is 5.69 Å². The number of fused-ring (bicyclic) bond motifs is 1. The van der Waals surface area contributed by atoms with Crippen molar-refractivity contribution < 1.29 is 18.4 Å². The molecule has 1 atom stereocenters. The minimum Gasteiger partial charge on any atom is -0.348 e. The lowest BCUT2D eigenvalue weighted by Gasteiger charge is -2.14. The number of amides is 3. The fraction of sp³-hybridized carbons (Fsp3) is 0.211. The lowest BCUT2D eigenvalue weighted by atomic mass is 10.1. The number of urea groups is 1. The van der Waals surface area contributed by atoms with E-state index in [4.69, 9.17) is 0 Å². The van der Waals surface area contributed by atoms with Crippen LogP contribution in [-0.2, 0) is 0 Å². The summed E-state index contributed by atoms with van der Waals surface area (Å²) in [6, 6.07) is 9.29. The van der Waals surface area contributed by atoms with Gasteiger partial charge in [0.2, 0.25) is 0 Å². The van der Waals surface area contributed by atoms with Gasteiger partial charge in [0.15, 0.2) is 5.17 Å². The number of amidine groups is 1. The van der Waals surface area contributed by atoms with Crippen LogP contribution in [0, 0.1) is 11.6 Å². The van der Waals surface area contributed by atoms with Crippen LogP contribution in [0.15, 0.2) is 47.5 Å². The van der Waals surface area contributed by atoms with E-state index in [0.717, 1.165) is 47.8 Å². The topological polar surface area (TPSA) is 73.8 Å². The smallest absolute Gasteiger partial charge is 0.326 e. The first-order valence-electron chi connectivity index (χ1n) is 8.63. The largest absolute Gasteiger partial charge is 0.348 e. The van der Waals surface area contributed by atoms with Crippen LogP contribution in [0.2, 0.25) is 0 Å². The maximum atomic E-state index is 13.7. The molecule has 4 rings (SSSR count). The van der Waals surface area contributed by atoms with Gasteiger partial charge in [0, 0.05) is 24.5 Å². The second kappa shape index (κ2) is 7.59. The van der Waals surface area contributed by atoms with E-state index in [1.54, 1.807) is 30.0 Å². The summed E-state index contributed by atoms with van der Waals surface area (Å²) in [4.78, 5) is 31.0. The van der Waals surface area contributed by atoms with Crippen molar-refractivity contribution >= 4 is 34.6 Å². The lowest BCUT2D eigenvalue weighted by Crippen LogP contribution is -2.35. The third-order valence-corrected chi connectivity index (χ3v) is 5.48. The van der Waals surface area contributed by atoms with Gasteiger partial charge in [-0.05, 0) is 29.8 Å². The van der Waals surface area contributed by atoms with Crippen LogP contribution in [0.25, 0.3) is 0 Å². The average molecular weight is 402 g/mol. The molecule has 2 N–H and O–H groups in total. The predicted molar refractivity (Wildman–Crippen MR) is 103 cm³/mol. The van der Waals surface area contributed by atoms with Crippen LogP contribution < -0.4 is 10.6 Å². The molecule has 2 aromatic rings. The number of carbonyl (C=O) groups is 2. The number of benzene rings is 2. The third kappa shape index (κ3) is 3.70. The van der Waals surface area contributed by atoms with E-state index in [-0.39, 0.29) is 6.04 Å². The van der Waals surface area contributed by atoms with Crippen molar-refractivity contribution in [2.24, 2.45) is 4.99 Å². The van der Waals surface area contributed by atoms with Gasteiger partial charge in [-0.3, -0.25) is 15.1 Å². The molecule has 2 aliphatic heterocycles. The molecule has 9 heteroatoms. The molecule has 2 aliphatic rings. The summed E-state index contributed by atoms with van der Waals surface area (Å²) in [5.41, 5.74) is 0.592. The van der Waals surface area contributed by atoms with Gasteiger partial charge in [0.1, 0.15) is 17.2 Å². The number of imide groups is 1. The molecule has 1 fully saturated rings. The third-order valence-electron chi connectivity index (χ3n) is 4.47. The van der Waals surface area contributed by atoms with Crippen molar-refractivity contribution in [3.8, 4) is 0 Å². The zero-order valence-electron chi connectivity index (χ0n) is 14.6. The zero-order valence-corrected chi connectivity index (χ0v) is 15.4. The van der Waals surface area contributed by atoms with Crippen LogP contribution in [0.5, 0.6) is 0 Å². The van der Waals surface area contributed by atoms with Crippen molar-refractivity contribution in [2.75, 3.05) is 24.2 Å². The highest BCUT2D eigenvalue weighted by Gasteiger charge is 2.30. The van der Waals surface area contributed by atoms with Gasteiger partial charge in [-0.1, -0.05) is 30.0 Å². The Hall–Kier alpha value is -2.94. The Kier molecular flexibility index (Phi) is 4.99. The summed E-state index contributed by atoms with van der Waals surface area (Å²) in [5.74, 6) is -2.18. The number of carbonyl (C=O) groups excluding carboxylic acids is 2. The molecule has 6 nitrogen and oxygen atoms in total. The highest BCUT2D eigenvalue weighted by Crippen LogP contribution is 2.33. The quantitative estimate of drug-likeness (QED) is 0.826. The van der Waals surface area contributed by atoms with Crippen LogP contribution in [-0.4, -0.2) is 40.8 Å². The molecule has 144 valence electrons. The Morgan fingerprint density at radius 3 is 2.64 bits per heavy atom. The van der Waals surface area contributed by atoms with E-state index in [1.807, 2.05) is 11.4 Å². The van der Waals surface area contributed by atoms with E-state index < -0.39 is 29.1 Å². The highest BCUT2D eigenvalue weighted by atomic mass is 32.2. The Balaban J connectivity index is 1.43. The fourth-order valence-corrected chi connectivity index (χ4v) is 4.20. The second-order valence-electron chi connectivity index (χ2n) is 6.35. The van der Waals surface area contributed by atoms with Crippen molar-refractivity contribution in [1.29, 1.82) is 0 Å². The number of anilines is 1. The number of rotatable bonds is 3. The normalized spacial score (nSPS) is 17.9. The van der Waals surface area contributed by atoms with Gasteiger partial charge in [0.25, 0.3) is 5.91 Å². The second-order valence-corrected chi connectivity index (χ2v) is 7.41. The minimum atomic E-state index is -1.15. The molecule has 2 aromatic carbocycles. The molecule has 0 bridgehead atoms. The summed E-state index contributed by atoms with van der Waals surface area (Å²) < 4.78 is 27.3. The van der Waals surface area contributed by atoms with Crippen molar-refractivity contribution in [3.05, 3.63) is 65.2 Å². The summed E-state index contributed by atoms with van der Waals surface area (Å²) in [5, 5.41) is 5.49. The molecule has 0 unspecified atom stereocenters. The number of nitrogens with one attached hydrogen (secondary N) is 2. The molecule has 1 saturated heterocycles. The monoisotopic (exact) mass is 402 g/mol. The maximum absolute atomic E-state index is 13.7. The number of hydrogen-bond donors (Lipinski definition) is 2. The van der Waals surface area contributed by atoms with E-state index in [9.17, 15) is 18.4 Å².